The number of likely N-dealkylation sites (tertiary alicyclic amines) is 2. The molecule has 0 aliphatic carbocycles. The van der Waals surface area contributed by atoms with Crippen LogP contribution in [0, 0.1) is 0 Å². The molecule has 1 atom stereocenters. The molecule has 0 bridgehead atoms. The van der Waals surface area contributed by atoms with Gasteiger partial charge < -0.3 is 15.1 Å². The van der Waals surface area contributed by atoms with Crippen molar-refractivity contribution in [2.75, 3.05) is 39.3 Å². The zero-order chi connectivity index (χ0) is 14.2. The molecular formula is C17H35N3. The van der Waals surface area contributed by atoms with Crippen LogP contribution in [0.25, 0.3) is 0 Å². The molecule has 2 aliphatic rings. The van der Waals surface area contributed by atoms with Gasteiger partial charge in [0, 0.05) is 25.2 Å². The Balaban J connectivity index is 1.57. The average Bonchev–Trinajstić information content (AvgIpc) is 2.49. The lowest BCUT2D eigenvalue weighted by Crippen LogP contribution is -2.48. The number of piperidine rings is 2. The zero-order valence-electron chi connectivity index (χ0n) is 13.7. The minimum Gasteiger partial charge on any atom is -0.313 e. The van der Waals surface area contributed by atoms with Crippen LogP contribution >= 0.6 is 0 Å². The molecular weight excluding hydrogens is 246 g/mol. The molecule has 2 aliphatic heterocycles. The van der Waals surface area contributed by atoms with Gasteiger partial charge in [-0.2, -0.15) is 0 Å². The summed E-state index contributed by atoms with van der Waals surface area (Å²) in [6, 6.07) is 1.57. The predicted octanol–water partition coefficient (Wildman–Crippen LogP) is 2.71. The van der Waals surface area contributed by atoms with E-state index < -0.39 is 0 Å². The third kappa shape index (κ3) is 5.34. The van der Waals surface area contributed by atoms with Crippen LogP contribution in [-0.2, 0) is 0 Å². The van der Waals surface area contributed by atoms with E-state index in [0.717, 1.165) is 12.6 Å². The van der Waals surface area contributed by atoms with Gasteiger partial charge in [-0.25, -0.2) is 0 Å². The van der Waals surface area contributed by atoms with Crippen molar-refractivity contribution >= 4 is 0 Å². The Kier molecular flexibility index (Phi) is 7.32. The van der Waals surface area contributed by atoms with Crippen molar-refractivity contribution in [2.45, 2.75) is 70.9 Å². The SMILES string of the molecule is CCCC(C)NCCN1CCC(N2CCCCC2)CC1. The molecule has 0 aromatic heterocycles. The fourth-order valence-electron chi connectivity index (χ4n) is 3.80. The highest BCUT2D eigenvalue weighted by Gasteiger charge is 2.25. The summed E-state index contributed by atoms with van der Waals surface area (Å²) in [4.78, 5) is 5.43. The minimum absolute atomic E-state index is 0.686. The lowest BCUT2D eigenvalue weighted by Gasteiger charge is -2.40. The van der Waals surface area contributed by atoms with Gasteiger partial charge in [0.05, 0.1) is 0 Å². The number of hydrogen-bond acceptors (Lipinski definition) is 3. The lowest BCUT2D eigenvalue weighted by molar-refractivity contribution is 0.0926. The van der Waals surface area contributed by atoms with E-state index in [1.807, 2.05) is 0 Å². The molecule has 2 rings (SSSR count). The third-order valence-electron chi connectivity index (χ3n) is 5.11. The summed E-state index contributed by atoms with van der Waals surface area (Å²) in [6.07, 6.45) is 9.69. The van der Waals surface area contributed by atoms with Gasteiger partial charge in [-0.1, -0.05) is 19.8 Å². The van der Waals surface area contributed by atoms with Crippen LogP contribution < -0.4 is 5.32 Å². The van der Waals surface area contributed by atoms with Crippen LogP contribution in [0.15, 0.2) is 0 Å². The lowest BCUT2D eigenvalue weighted by atomic mass is 10.00. The Morgan fingerprint density at radius 3 is 2.40 bits per heavy atom. The van der Waals surface area contributed by atoms with Gasteiger partial charge in [0.25, 0.3) is 0 Å². The normalized spacial score (nSPS) is 24.9. The van der Waals surface area contributed by atoms with Crippen LogP contribution in [0.2, 0.25) is 0 Å². The van der Waals surface area contributed by atoms with Gasteiger partial charge in [0.15, 0.2) is 0 Å². The Morgan fingerprint density at radius 2 is 1.75 bits per heavy atom. The summed E-state index contributed by atoms with van der Waals surface area (Å²) < 4.78 is 0. The molecule has 118 valence electrons. The van der Waals surface area contributed by atoms with Gasteiger partial charge in [-0.3, -0.25) is 0 Å². The van der Waals surface area contributed by atoms with Crippen molar-refractivity contribution in [3.63, 3.8) is 0 Å². The Bertz CT molecular complexity index is 243. The van der Waals surface area contributed by atoms with Crippen molar-refractivity contribution in [2.24, 2.45) is 0 Å². The molecule has 0 spiro atoms. The monoisotopic (exact) mass is 281 g/mol. The van der Waals surface area contributed by atoms with E-state index in [2.05, 4.69) is 29.0 Å². The van der Waals surface area contributed by atoms with Crippen molar-refractivity contribution < 1.29 is 0 Å². The van der Waals surface area contributed by atoms with E-state index in [4.69, 9.17) is 0 Å². The summed E-state index contributed by atoms with van der Waals surface area (Å²) >= 11 is 0. The number of hydrogen-bond donors (Lipinski definition) is 1. The second-order valence-corrected chi connectivity index (χ2v) is 6.81. The van der Waals surface area contributed by atoms with Crippen LogP contribution in [0.3, 0.4) is 0 Å². The molecule has 0 aromatic rings. The van der Waals surface area contributed by atoms with Crippen molar-refractivity contribution in [3.05, 3.63) is 0 Å². The van der Waals surface area contributed by atoms with E-state index in [1.165, 1.54) is 77.7 Å². The highest BCUT2D eigenvalue weighted by molar-refractivity contribution is 4.81. The van der Waals surface area contributed by atoms with Crippen LogP contribution in [0.1, 0.15) is 58.8 Å². The van der Waals surface area contributed by atoms with Crippen molar-refractivity contribution in [1.29, 1.82) is 0 Å². The zero-order valence-corrected chi connectivity index (χ0v) is 13.7. The minimum atomic E-state index is 0.686. The molecule has 2 heterocycles. The molecule has 0 aromatic carbocycles. The fraction of sp³-hybridized carbons (Fsp3) is 1.00. The Hall–Kier alpha value is -0.120. The number of nitrogens with zero attached hydrogens (tertiary/aromatic N) is 2. The average molecular weight is 281 g/mol. The number of rotatable bonds is 7. The molecule has 2 fully saturated rings. The molecule has 3 heteroatoms. The largest absolute Gasteiger partial charge is 0.313 e. The van der Waals surface area contributed by atoms with Gasteiger partial charge >= 0.3 is 0 Å². The standard InChI is InChI=1S/C17H35N3/c1-3-7-16(2)18-10-15-19-13-8-17(9-14-19)20-11-5-4-6-12-20/h16-18H,3-15H2,1-2H3. The van der Waals surface area contributed by atoms with Crippen molar-refractivity contribution in [1.82, 2.24) is 15.1 Å². The summed E-state index contributed by atoms with van der Waals surface area (Å²) in [5.41, 5.74) is 0. The first-order valence-electron chi connectivity index (χ1n) is 8.99. The topological polar surface area (TPSA) is 18.5 Å². The maximum Gasteiger partial charge on any atom is 0.0120 e. The van der Waals surface area contributed by atoms with Crippen molar-refractivity contribution in [3.8, 4) is 0 Å². The van der Waals surface area contributed by atoms with Crippen LogP contribution in [0.4, 0.5) is 0 Å². The highest BCUT2D eigenvalue weighted by Crippen LogP contribution is 2.20. The van der Waals surface area contributed by atoms with E-state index in [9.17, 15) is 0 Å². The van der Waals surface area contributed by atoms with Crippen LogP contribution in [0.5, 0.6) is 0 Å². The first-order valence-corrected chi connectivity index (χ1v) is 8.99. The first kappa shape index (κ1) is 16.3. The molecule has 20 heavy (non-hydrogen) atoms. The van der Waals surface area contributed by atoms with Gasteiger partial charge in [0.2, 0.25) is 0 Å². The highest BCUT2D eigenvalue weighted by atomic mass is 15.2. The fourth-order valence-corrected chi connectivity index (χ4v) is 3.80. The second kappa shape index (κ2) is 9.01. The molecule has 0 saturated carbocycles. The van der Waals surface area contributed by atoms with Crippen LogP contribution in [-0.4, -0.2) is 61.2 Å². The van der Waals surface area contributed by atoms with E-state index in [0.29, 0.717) is 6.04 Å². The Labute approximate surface area is 126 Å². The number of nitrogens with one attached hydrogen (secondary N) is 1. The Morgan fingerprint density at radius 1 is 1.05 bits per heavy atom. The molecule has 3 nitrogen and oxygen atoms in total. The first-order chi connectivity index (χ1) is 9.79. The summed E-state index contributed by atoms with van der Waals surface area (Å²) in [5.74, 6) is 0. The van der Waals surface area contributed by atoms with Gasteiger partial charge in [-0.05, 0) is 65.2 Å². The summed E-state index contributed by atoms with van der Waals surface area (Å²) in [7, 11) is 0. The third-order valence-corrected chi connectivity index (χ3v) is 5.11. The smallest absolute Gasteiger partial charge is 0.0120 e. The maximum atomic E-state index is 3.65. The molecule has 0 amide bonds. The molecule has 1 N–H and O–H groups in total. The predicted molar refractivity (Wildman–Crippen MR) is 87.3 cm³/mol. The van der Waals surface area contributed by atoms with Gasteiger partial charge in [0.1, 0.15) is 0 Å². The molecule has 2 saturated heterocycles. The van der Waals surface area contributed by atoms with E-state index in [1.54, 1.807) is 0 Å². The summed E-state index contributed by atoms with van der Waals surface area (Å²) in [6.45, 7) is 12.3. The van der Waals surface area contributed by atoms with E-state index >= 15 is 0 Å². The van der Waals surface area contributed by atoms with Gasteiger partial charge in [-0.15, -0.1) is 0 Å². The quantitative estimate of drug-likeness (QED) is 0.774. The molecule has 0 radical (unpaired) electrons. The molecule has 1 unspecified atom stereocenters. The van der Waals surface area contributed by atoms with E-state index in [-0.39, 0.29) is 0 Å². The summed E-state index contributed by atoms with van der Waals surface area (Å²) in [5, 5.41) is 3.65. The maximum absolute atomic E-state index is 3.65. The second-order valence-electron chi connectivity index (χ2n) is 6.81.